The first-order valence-electron chi connectivity index (χ1n) is 13.8. The van der Waals surface area contributed by atoms with Crippen molar-refractivity contribution in [1.82, 2.24) is 9.97 Å². The smallest absolute Gasteiger partial charge is 0.339 e. The molecule has 0 radical (unpaired) electrons. The highest BCUT2D eigenvalue weighted by molar-refractivity contribution is 6.10. The van der Waals surface area contributed by atoms with Gasteiger partial charge in [-0.05, 0) is 60.2 Å². The third-order valence-corrected chi connectivity index (χ3v) is 6.99. The average Bonchev–Trinajstić information content (AvgIpc) is 3.05. The number of ketones is 1. The lowest BCUT2D eigenvalue weighted by atomic mass is 10.0. The Balaban J connectivity index is 1.25. The number of hydrogen-bond donors (Lipinski definition) is 2. The minimum Gasteiger partial charge on any atom is -0.506 e. The van der Waals surface area contributed by atoms with Crippen molar-refractivity contribution in [2.45, 2.75) is 13.2 Å². The van der Waals surface area contributed by atoms with Crippen LogP contribution in [0.5, 0.6) is 17.2 Å². The van der Waals surface area contributed by atoms with Crippen molar-refractivity contribution in [3.05, 3.63) is 143 Å². The predicted molar refractivity (Wildman–Crippen MR) is 167 cm³/mol. The van der Waals surface area contributed by atoms with Crippen LogP contribution >= 0.6 is 0 Å². The van der Waals surface area contributed by atoms with Crippen LogP contribution in [0, 0.1) is 0 Å². The van der Waals surface area contributed by atoms with Gasteiger partial charge in [0.15, 0.2) is 17.3 Å². The highest BCUT2D eigenvalue weighted by Gasteiger charge is 2.16. The molecule has 4 aromatic carbocycles. The van der Waals surface area contributed by atoms with Crippen molar-refractivity contribution in [3.63, 3.8) is 0 Å². The number of nitrogens with zero attached hydrogens (tertiary/aromatic N) is 2. The molecule has 0 spiro atoms. The maximum absolute atomic E-state index is 12.8. The number of carbonyl (C=O) groups excluding carboxylic acids is 1. The highest BCUT2D eigenvalue weighted by atomic mass is 16.5. The third kappa shape index (κ3) is 6.24. The van der Waals surface area contributed by atoms with E-state index in [1.54, 1.807) is 24.3 Å². The van der Waals surface area contributed by atoms with Crippen molar-refractivity contribution in [3.8, 4) is 17.2 Å². The van der Waals surface area contributed by atoms with Crippen molar-refractivity contribution < 1.29 is 29.3 Å². The van der Waals surface area contributed by atoms with Gasteiger partial charge in [0, 0.05) is 10.8 Å². The molecule has 0 amide bonds. The third-order valence-electron chi connectivity index (χ3n) is 6.99. The van der Waals surface area contributed by atoms with Gasteiger partial charge in [0.1, 0.15) is 24.5 Å². The molecule has 216 valence electrons. The second kappa shape index (κ2) is 12.5. The number of rotatable bonds is 10. The van der Waals surface area contributed by atoms with Gasteiger partial charge in [-0.2, -0.15) is 0 Å². The maximum atomic E-state index is 12.8. The van der Waals surface area contributed by atoms with Gasteiger partial charge in [-0.25, -0.2) is 14.8 Å². The van der Waals surface area contributed by atoms with Crippen LogP contribution in [0.1, 0.15) is 37.7 Å². The number of hydrogen-bond acceptors (Lipinski definition) is 7. The summed E-state index contributed by atoms with van der Waals surface area (Å²) in [6.45, 7) is 0.389. The summed E-state index contributed by atoms with van der Waals surface area (Å²) in [6, 6.07) is 32.8. The SMILES string of the molecule is O=C(O)c1cccc(C(=O)/C=C/c2ccc(OCc3ccc4ccccc4n3)c(OCc3ccc4ccccc4n3)c2)c1O. The van der Waals surface area contributed by atoms with Gasteiger partial charge < -0.3 is 19.7 Å². The molecule has 6 rings (SSSR count). The van der Waals surface area contributed by atoms with Gasteiger partial charge in [-0.3, -0.25) is 4.79 Å². The molecule has 2 heterocycles. The van der Waals surface area contributed by atoms with E-state index in [-0.39, 0.29) is 24.3 Å². The summed E-state index contributed by atoms with van der Waals surface area (Å²) in [6.07, 6.45) is 2.83. The number of carbonyl (C=O) groups is 2. The molecule has 0 aliphatic rings. The zero-order valence-electron chi connectivity index (χ0n) is 23.4. The molecular weight excluding hydrogens is 556 g/mol. The van der Waals surface area contributed by atoms with Gasteiger partial charge in [0.05, 0.1) is 28.0 Å². The van der Waals surface area contributed by atoms with E-state index in [9.17, 15) is 19.8 Å². The monoisotopic (exact) mass is 582 g/mol. The van der Waals surface area contributed by atoms with Crippen molar-refractivity contribution in [2.24, 2.45) is 0 Å². The number of pyridine rings is 2. The molecule has 0 fully saturated rings. The Morgan fingerprint density at radius 3 is 1.89 bits per heavy atom. The van der Waals surface area contributed by atoms with E-state index in [1.807, 2.05) is 72.8 Å². The second-order valence-corrected chi connectivity index (χ2v) is 9.98. The van der Waals surface area contributed by atoms with Crippen molar-refractivity contribution >= 4 is 39.6 Å². The Hall–Kier alpha value is -6.02. The molecule has 0 unspecified atom stereocenters. The van der Waals surface area contributed by atoms with Crippen LogP contribution < -0.4 is 9.47 Å². The predicted octanol–water partition coefficient (Wildman–Crippen LogP) is 7.24. The van der Waals surface area contributed by atoms with E-state index in [4.69, 9.17) is 9.47 Å². The van der Waals surface area contributed by atoms with Gasteiger partial charge in [-0.15, -0.1) is 0 Å². The van der Waals surface area contributed by atoms with E-state index in [1.165, 1.54) is 24.3 Å². The van der Waals surface area contributed by atoms with Crippen LogP contribution in [0.4, 0.5) is 0 Å². The van der Waals surface area contributed by atoms with Crippen LogP contribution in [0.25, 0.3) is 27.9 Å². The van der Waals surface area contributed by atoms with E-state index >= 15 is 0 Å². The molecule has 6 aromatic rings. The number of aromatic hydroxyl groups is 1. The molecule has 2 aromatic heterocycles. The van der Waals surface area contributed by atoms with Gasteiger partial charge >= 0.3 is 5.97 Å². The summed E-state index contributed by atoms with van der Waals surface area (Å²) in [5.41, 5.74) is 3.40. The highest BCUT2D eigenvalue weighted by Crippen LogP contribution is 2.31. The lowest BCUT2D eigenvalue weighted by Crippen LogP contribution is -2.03. The Bertz CT molecular complexity index is 2050. The Morgan fingerprint density at radius 1 is 0.659 bits per heavy atom. The molecule has 8 heteroatoms. The second-order valence-electron chi connectivity index (χ2n) is 9.98. The molecule has 0 saturated carbocycles. The van der Waals surface area contributed by atoms with Crippen LogP contribution in [0.2, 0.25) is 0 Å². The topological polar surface area (TPSA) is 119 Å². The number of fused-ring (bicyclic) bond motifs is 2. The number of allylic oxidation sites excluding steroid dienone is 1. The Labute approximate surface area is 252 Å². The fourth-order valence-electron chi connectivity index (χ4n) is 4.72. The molecular formula is C36H26N2O6. The van der Waals surface area contributed by atoms with E-state index in [2.05, 4.69) is 9.97 Å². The first-order valence-corrected chi connectivity index (χ1v) is 13.8. The number of ether oxygens (including phenoxy) is 2. The van der Waals surface area contributed by atoms with E-state index in [0.29, 0.717) is 17.1 Å². The maximum Gasteiger partial charge on any atom is 0.339 e. The number of para-hydroxylation sites is 3. The number of aromatic nitrogens is 2. The standard InChI is InChI=1S/C36H26N2O6/c39-32(28-8-5-9-29(35(28)40)36(41)42)18-12-23-13-19-33(43-21-26-16-14-24-6-1-3-10-30(24)37-26)34(20-23)44-22-27-17-15-25-7-2-4-11-31(25)38-27/h1-20,40H,21-22H2,(H,41,42)/b18-12+. The summed E-state index contributed by atoms with van der Waals surface area (Å²) in [5.74, 6) is -1.52. The normalized spacial score (nSPS) is 11.2. The Kier molecular flexibility index (Phi) is 7.96. The van der Waals surface area contributed by atoms with E-state index < -0.39 is 17.5 Å². The quantitative estimate of drug-likeness (QED) is 0.128. The summed E-state index contributed by atoms with van der Waals surface area (Å²) in [7, 11) is 0. The molecule has 44 heavy (non-hydrogen) atoms. The van der Waals surface area contributed by atoms with Crippen LogP contribution in [0.15, 0.2) is 115 Å². The largest absolute Gasteiger partial charge is 0.506 e. The number of carboxylic acids is 1. The van der Waals surface area contributed by atoms with Crippen LogP contribution in [-0.4, -0.2) is 31.9 Å². The summed E-state index contributed by atoms with van der Waals surface area (Å²) < 4.78 is 12.3. The van der Waals surface area contributed by atoms with E-state index in [0.717, 1.165) is 33.2 Å². The first-order chi connectivity index (χ1) is 21.4. The first kappa shape index (κ1) is 28.1. The lowest BCUT2D eigenvalue weighted by molar-refractivity contribution is 0.0693. The van der Waals surface area contributed by atoms with Crippen molar-refractivity contribution in [1.29, 1.82) is 0 Å². The fourth-order valence-corrected chi connectivity index (χ4v) is 4.72. The van der Waals surface area contributed by atoms with Crippen molar-refractivity contribution in [2.75, 3.05) is 0 Å². The summed E-state index contributed by atoms with van der Waals surface area (Å²) in [5, 5.41) is 21.6. The molecule has 8 nitrogen and oxygen atoms in total. The number of carboxylic acid groups (broad SMARTS) is 1. The molecule has 2 N–H and O–H groups in total. The lowest BCUT2D eigenvalue weighted by Gasteiger charge is -2.14. The van der Waals surface area contributed by atoms with Gasteiger partial charge in [-0.1, -0.05) is 66.7 Å². The average molecular weight is 583 g/mol. The molecule has 0 atom stereocenters. The Morgan fingerprint density at radius 2 is 1.25 bits per heavy atom. The number of benzene rings is 4. The zero-order chi connectivity index (χ0) is 30.5. The number of aromatic carboxylic acids is 1. The van der Waals surface area contributed by atoms with Crippen LogP contribution in [-0.2, 0) is 13.2 Å². The summed E-state index contributed by atoms with van der Waals surface area (Å²) in [4.78, 5) is 33.5. The number of phenols is 1. The molecule has 0 saturated heterocycles. The minimum atomic E-state index is -1.32. The van der Waals surface area contributed by atoms with Gasteiger partial charge in [0.2, 0.25) is 0 Å². The van der Waals surface area contributed by atoms with Gasteiger partial charge in [0.25, 0.3) is 0 Å². The zero-order valence-corrected chi connectivity index (χ0v) is 23.4. The molecule has 0 aliphatic heterocycles. The minimum absolute atomic E-state index is 0.108. The van der Waals surface area contributed by atoms with Crippen LogP contribution in [0.3, 0.4) is 0 Å². The summed E-state index contributed by atoms with van der Waals surface area (Å²) >= 11 is 0. The molecule has 0 bridgehead atoms. The fraction of sp³-hybridized carbons (Fsp3) is 0.0556. The molecule has 0 aliphatic carbocycles.